The highest BCUT2D eigenvalue weighted by Gasteiger charge is 2.48. The van der Waals surface area contributed by atoms with E-state index in [0.717, 1.165) is 39.8 Å². The van der Waals surface area contributed by atoms with Gasteiger partial charge in [-0.3, -0.25) is 9.59 Å². The van der Waals surface area contributed by atoms with Crippen molar-refractivity contribution in [2.45, 2.75) is 65.9 Å². The van der Waals surface area contributed by atoms with Crippen molar-refractivity contribution in [2.75, 3.05) is 14.2 Å². The van der Waals surface area contributed by atoms with Crippen molar-refractivity contribution >= 4 is 39.1 Å². The van der Waals surface area contributed by atoms with E-state index in [1.165, 1.54) is 0 Å². The maximum Gasteiger partial charge on any atom is 0.180 e. The van der Waals surface area contributed by atoms with Crippen molar-refractivity contribution in [1.82, 2.24) is 4.90 Å². The summed E-state index contributed by atoms with van der Waals surface area (Å²) in [6, 6.07) is 11.6. The van der Waals surface area contributed by atoms with Gasteiger partial charge in [-0.05, 0) is 59.1 Å². The zero-order valence-corrected chi connectivity index (χ0v) is 25.8. The molecule has 0 fully saturated rings. The van der Waals surface area contributed by atoms with Crippen molar-refractivity contribution < 1.29 is 19.1 Å². The van der Waals surface area contributed by atoms with E-state index < -0.39 is 5.92 Å². The van der Waals surface area contributed by atoms with Gasteiger partial charge in [-0.25, -0.2) is 0 Å². The molecule has 3 aliphatic rings. The van der Waals surface area contributed by atoms with Gasteiger partial charge >= 0.3 is 0 Å². The molecule has 39 heavy (non-hydrogen) atoms. The molecule has 0 amide bonds. The number of hydrogen-bond acceptors (Lipinski definition) is 5. The molecule has 206 valence electrons. The fraction of sp³-hybridized carbons (Fsp3) is 0.438. The Hall–Kier alpha value is -2.57. The lowest BCUT2D eigenvalue weighted by Crippen LogP contribution is -2.43. The van der Waals surface area contributed by atoms with Gasteiger partial charge in [0, 0.05) is 52.8 Å². The Morgan fingerprint density at radius 1 is 0.923 bits per heavy atom. The highest BCUT2D eigenvalue weighted by Crippen LogP contribution is 2.55. The van der Waals surface area contributed by atoms with Gasteiger partial charge in [0.1, 0.15) is 6.61 Å². The Kier molecular flexibility index (Phi) is 7.26. The third-order valence-electron chi connectivity index (χ3n) is 8.06. The molecule has 0 atom stereocenters. The molecule has 2 aliphatic carbocycles. The molecule has 0 radical (unpaired) electrons. The summed E-state index contributed by atoms with van der Waals surface area (Å²) in [6.07, 6.45) is 2.42. The minimum absolute atomic E-state index is 0.0907. The minimum Gasteiger partial charge on any atom is -0.493 e. The predicted octanol–water partition coefficient (Wildman–Crippen LogP) is 8.01. The summed E-state index contributed by atoms with van der Waals surface area (Å²) >= 11 is 10.3. The fourth-order valence-corrected chi connectivity index (χ4v) is 6.82. The van der Waals surface area contributed by atoms with Crippen molar-refractivity contribution in [2.24, 2.45) is 10.8 Å². The largest absolute Gasteiger partial charge is 0.493 e. The molecule has 0 unspecified atom stereocenters. The van der Waals surface area contributed by atoms with Gasteiger partial charge in [0.25, 0.3) is 0 Å². The van der Waals surface area contributed by atoms with Gasteiger partial charge in [0.2, 0.25) is 0 Å². The number of benzene rings is 2. The van der Waals surface area contributed by atoms with Gasteiger partial charge in [-0.2, -0.15) is 0 Å². The number of halogens is 2. The summed E-state index contributed by atoms with van der Waals surface area (Å²) in [5.41, 5.74) is 4.92. The van der Waals surface area contributed by atoms with E-state index in [-0.39, 0.29) is 22.4 Å². The Morgan fingerprint density at radius 2 is 1.46 bits per heavy atom. The van der Waals surface area contributed by atoms with Crippen LogP contribution >= 0.6 is 27.5 Å². The highest BCUT2D eigenvalue weighted by molar-refractivity contribution is 9.10. The maximum atomic E-state index is 13.8. The number of ether oxygens (including phenoxy) is 2. The number of hydrogen-bond donors (Lipinski definition) is 0. The summed E-state index contributed by atoms with van der Waals surface area (Å²) in [5, 5.41) is 0.386. The Balaban J connectivity index is 1.62. The Bertz CT molecular complexity index is 1370. The first-order chi connectivity index (χ1) is 18.3. The molecule has 1 aliphatic heterocycles. The molecule has 0 spiro atoms. The van der Waals surface area contributed by atoms with Crippen LogP contribution in [0.2, 0.25) is 5.02 Å². The molecule has 0 bridgehead atoms. The molecule has 0 N–H and O–H groups in total. The third kappa shape index (κ3) is 5.30. The summed E-state index contributed by atoms with van der Waals surface area (Å²) in [7, 11) is 3.59. The van der Waals surface area contributed by atoms with Crippen molar-refractivity contribution in [3.63, 3.8) is 0 Å². The lowest BCUT2D eigenvalue weighted by molar-refractivity contribution is -0.119. The first kappa shape index (κ1) is 28.0. The molecule has 5 nitrogen and oxygen atoms in total. The number of carbonyl (C=O) groups excluding carboxylic acids is 2. The quantitative estimate of drug-likeness (QED) is 0.342. The van der Waals surface area contributed by atoms with E-state index in [0.29, 0.717) is 47.1 Å². The topological polar surface area (TPSA) is 55.8 Å². The fourth-order valence-electron chi connectivity index (χ4n) is 6.28. The van der Waals surface area contributed by atoms with E-state index in [2.05, 4.69) is 48.5 Å². The van der Waals surface area contributed by atoms with E-state index in [9.17, 15) is 9.59 Å². The molecule has 2 aromatic rings. The zero-order chi connectivity index (χ0) is 28.3. The molecular formula is C32H35BrClNO4. The van der Waals surface area contributed by atoms with Crippen LogP contribution in [0.4, 0.5) is 0 Å². The molecule has 0 saturated carbocycles. The Labute approximate surface area is 244 Å². The lowest BCUT2D eigenvalue weighted by Gasteiger charge is -2.48. The minimum atomic E-state index is -0.481. The first-order valence-corrected chi connectivity index (χ1v) is 14.5. The van der Waals surface area contributed by atoms with Crippen LogP contribution in [0, 0.1) is 10.8 Å². The summed E-state index contributed by atoms with van der Waals surface area (Å²) in [6.45, 7) is 8.86. The first-order valence-electron chi connectivity index (χ1n) is 13.3. The van der Waals surface area contributed by atoms with Gasteiger partial charge in [-0.1, -0.05) is 67.4 Å². The second-order valence-electron chi connectivity index (χ2n) is 12.5. The van der Waals surface area contributed by atoms with Crippen molar-refractivity contribution in [3.05, 3.63) is 79.6 Å². The monoisotopic (exact) mass is 611 g/mol. The summed E-state index contributed by atoms with van der Waals surface area (Å²) in [5.74, 6) is 0.616. The van der Waals surface area contributed by atoms with E-state index in [4.69, 9.17) is 21.1 Å². The number of nitrogens with zero attached hydrogens (tertiary/aromatic N) is 1. The van der Waals surface area contributed by atoms with Crippen molar-refractivity contribution in [1.29, 1.82) is 0 Å². The average Bonchev–Trinajstić information content (AvgIpc) is 2.84. The highest BCUT2D eigenvalue weighted by atomic mass is 79.9. The number of ketones is 2. The molecule has 5 rings (SSSR count). The summed E-state index contributed by atoms with van der Waals surface area (Å²) < 4.78 is 12.9. The van der Waals surface area contributed by atoms with Crippen LogP contribution in [0.1, 0.15) is 70.4 Å². The van der Waals surface area contributed by atoms with Gasteiger partial charge in [0.05, 0.1) is 12.1 Å². The average molecular weight is 613 g/mol. The molecule has 0 aromatic heterocycles. The van der Waals surface area contributed by atoms with Gasteiger partial charge in [-0.15, -0.1) is 0 Å². The van der Waals surface area contributed by atoms with Crippen LogP contribution in [-0.4, -0.2) is 30.6 Å². The van der Waals surface area contributed by atoms with Gasteiger partial charge in [0.15, 0.2) is 23.1 Å². The Morgan fingerprint density at radius 3 is 1.97 bits per heavy atom. The van der Waals surface area contributed by atoms with E-state index in [1.54, 1.807) is 7.11 Å². The number of methoxy groups -OCH3 is 1. The van der Waals surface area contributed by atoms with Crippen LogP contribution in [0.25, 0.3) is 0 Å². The molecule has 7 heteroatoms. The van der Waals surface area contributed by atoms with Crippen LogP contribution in [0.5, 0.6) is 11.5 Å². The maximum absolute atomic E-state index is 13.8. The van der Waals surface area contributed by atoms with E-state index in [1.807, 2.05) is 43.4 Å². The zero-order valence-electron chi connectivity index (χ0n) is 23.4. The lowest BCUT2D eigenvalue weighted by atomic mass is 9.63. The number of Topliss-reactive ketones (excluding diaryl/α,β-unsaturated/α-hetero) is 2. The molecular weight excluding hydrogens is 578 g/mol. The number of carbonyl (C=O) groups is 2. The van der Waals surface area contributed by atoms with Crippen LogP contribution in [-0.2, 0) is 16.2 Å². The molecule has 1 heterocycles. The van der Waals surface area contributed by atoms with E-state index >= 15 is 0 Å². The van der Waals surface area contributed by atoms with Crippen LogP contribution < -0.4 is 9.47 Å². The molecule has 0 saturated heterocycles. The smallest absolute Gasteiger partial charge is 0.180 e. The predicted molar refractivity (Wildman–Crippen MR) is 157 cm³/mol. The SMILES string of the molecule is COc1cc(C2C3=C(CC(C)(C)CC3=O)N(C)C3=C2C(=O)CC(C)(C)C3)cc(Cl)c1OCc1ccc(Br)cc1. The normalized spacial score (nSPS) is 20.7. The third-order valence-corrected chi connectivity index (χ3v) is 8.87. The number of allylic oxidation sites excluding steroid dienone is 4. The van der Waals surface area contributed by atoms with Crippen LogP contribution in [0.15, 0.2) is 63.4 Å². The summed E-state index contributed by atoms with van der Waals surface area (Å²) in [4.78, 5) is 29.7. The second kappa shape index (κ2) is 10.1. The van der Waals surface area contributed by atoms with Crippen LogP contribution in [0.3, 0.4) is 0 Å². The second-order valence-corrected chi connectivity index (χ2v) is 13.9. The van der Waals surface area contributed by atoms with Gasteiger partial charge < -0.3 is 14.4 Å². The standard InChI is InChI=1S/C32H35BrClNO4/c1-31(2)13-22-28(24(36)15-31)27(29-23(35(22)5)14-32(3,4)16-25(29)37)19-11-21(34)30(26(12-19)38-6)39-17-18-7-9-20(33)10-8-18/h7-12,27H,13-17H2,1-6H3. The number of rotatable bonds is 5. The molecule has 2 aromatic carbocycles. The van der Waals surface area contributed by atoms with Crippen molar-refractivity contribution in [3.8, 4) is 11.5 Å².